The van der Waals surface area contributed by atoms with Crippen molar-refractivity contribution in [1.29, 1.82) is 0 Å². The zero-order valence-electron chi connectivity index (χ0n) is 30.0. The van der Waals surface area contributed by atoms with Crippen molar-refractivity contribution in [3.8, 4) is 11.5 Å². The molecule has 5 aromatic carbocycles. The lowest BCUT2D eigenvalue weighted by atomic mass is 9.88. The Morgan fingerprint density at radius 1 is 0.679 bits per heavy atom. The van der Waals surface area contributed by atoms with Crippen molar-refractivity contribution >= 4 is 11.6 Å². The maximum absolute atomic E-state index is 10.9. The molecular weight excluding hydrogens is 688 g/mol. The molecule has 0 unspecified atom stereocenters. The molecule has 0 amide bonds. The van der Waals surface area contributed by atoms with Gasteiger partial charge in [-0.2, -0.15) is 0 Å². The van der Waals surface area contributed by atoms with Crippen LogP contribution in [0.15, 0.2) is 140 Å². The van der Waals surface area contributed by atoms with Gasteiger partial charge in [0.05, 0.1) is 33.0 Å². The summed E-state index contributed by atoms with van der Waals surface area (Å²) < 4.78 is 39.1. The van der Waals surface area contributed by atoms with Crippen LogP contribution in [0.3, 0.4) is 0 Å². The summed E-state index contributed by atoms with van der Waals surface area (Å²) in [6, 6.07) is 41.7. The molecule has 1 aliphatic rings. The fraction of sp³-hybridized carbons (Fsp3) is 0.289. The summed E-state index contributed by atoms with van der Waals surface area (Å²) in [5.74, 6) is 1.34. The van der Waals surface area contributed by atoms with Crippen LogP contribution in [0.5, 0.6) is 11.5 Å². The van der Waals surface area contributed by atoms with Crippen LogP contribution in [-0.2, 0) is 45.2 Å². The smallest absolute Gasteiger partial charge is 0.127 e. The van der Waals surface area contributed by atoms with Gasteiger partial charge in [-0.3, -0.25) is 0 Å². The average Bonchev–Trinajstić information content (AvgIpc) is 3.20. The van der Waals surface area contributed by atoms with Gasteiger partial charge in [0.25, 0.3) is 0 Å². The summed E-state index contributed by atoms with van der Waals surface area (Å²) >= 11 is 6.97. The Kier molecular flexibility index (Phi) is 14.1. The molecule has 0 aliphatic carbocycles. The first-order valence-corrected chi connectivity index (χ1v) is 18.4. The third kappa shape index (κ3) is 10.4. The number of hydrogen-bond donors (Lipinski definition) is 1. The standard InChI is InChI=1S/C45H47ClO7/c1-3-24-49-40-27-39(46)36(25-32-20-22-37(23-21-32)48-4-2)26-38(40)42-44(51-30-34-16-10-6-11-17-34)45(52-31-35-18-12-7-13-19-35)43(41(28-47)53-42)50-29-33-14-8-5-9-15-33/h3,5-23,26-27,41-45,47H,1,4,24-25,28-31H2,2H3/t41-,42+,43-,44+,45-/m1/s1. The minimum Gasteiger partial charge on any atom is -0.494 e. The molecule has 5 atom stereocenters. The van der Waals surface area contributed by atoms with Gasteiger partial charge >= 0.3 is 0 Å². The van der Waals surface area contributed by atoms with E-state index in [0.29, 0.717) is 43.6 Å². The number of halogens is 1. The summed E-state index contributed by atoms with van der Waals surface area (Å²) in [5, 5.41) is 11.5. The summed E-state index contributed by atoms with van der Waals surface area (Å²) in [6.45, 7) is 7.27. The predicted octanol–water partition coefficient (Wildman–Crippen LogP) is 9.08. The second-order valence-corrected chi connectivity index (χ2v) is 13.3. The molecule has 0 aromatic heterocycles. The number of ether oxygens (including phenoxy) is 6. The van der Waals surface area contributed by atoms with Crippen molar-refractivity contribution < 1.29 is 33.5 Å². The zero-order chi connectivity index (χ0) is 36.8. The van der Waals surface area contributed by atoms with Gasteiger partial charge < -0.3 is 33.5 Å². The fourth-order valence-corrected chi connectivity index (χ4v) is 6.75. The van der Waals surface area contributed by atoms with Crippen LogP contribution in [-0.4, -0.2) is 49.3 Å². The molecule has 0 spiro atoms. The van der Waals surface area contributed by atoms with Gasteiger partial charge in [0.15, 0.2) is 0 Å². The zero-order valence-corrected chi connectivity index (χ0v) is 30.8. The highest BCUT2D eigenvalue weighted by Crippen LogP contribution is 2.43. The van der Waals surface area contributed by atoms with E-state index >= 15 is 0 Å². The SMILES string of the molecule is C=CCOc1cc(Cl)c(Cc2ccc(OCC)cc2)cc1[C@@H]1O[C@H](CO)[C@@H](OCc2ccccc2)[C@@H](OCc2ccccc2)[C@H]1OCc1ccccc1. The molecule has 276 valence electrons. The highest BCUT2D eigenvalue weighted by atomic mass is 35.5. The summed E-state index contributed by atoms with van der Waals surface area (Å²) in [7, 11) is 0. The molecule has 7 nitrogen and oxygen atoms in total. The molecule has 0 saturated carbocycles. The molecule has 1 saturated heterocycles. The molecular formula is C45H47ClO7. The van der Waals surface area contributed by atoms with Gasteiger partial charge in [0.2, 0.25) is 0 Å². The van der Waals surface area contributed by atoms with E-state index in [1.165, 1.54) is 0 Å². The number of benzene rings is 5. The number of aliphatic hydroxyl groups excluding tert-OH is 1. The van der Waals surface area contributed by atoms with Crippen molar-refractivity contribution in [3.63, 3.8) is 0 Å². The lowest BCUT2D eigenvalue weighted by Gasteiger charge is -2.46. The Balaban J connectivity index is 1.41. The van der Waals surface area contributed by atoms with E-state index in [2.05, 4.69) is 6.58 Å². The van der Waals surface area contributed by atoms with Crippen LogP contribution in [0, 0.1) is 0 Å². The van der Waals surface area contributed by atoms with E-state index in [1.807, 2.05) is 134 Å². The molecule has 5 aromatic rings. The molecule has 0 radical (unpaired) electrons. The van der Waals surface area contributed by atoms with Gasteiger partial charge in [0, 0.05) is 10.6 Å². The van der Waals surface area contributed by atoms with E-state index in [4.69, 9.17) is 40.0 Å². The number of rotatable bonds is 18. The third-order valence-corrected chi connectivity index (χ3v) is 9.49. The molecule has 0 bridgehead atoms. The molecule has 6 rings (SSSR count). The van der Waals surface area contributed by atoms with Crippen molar-refractivity contribution in [2.75, 3.05) is 19.8 Å². The van der Waals surface area contributed by atoms with Gasteiger partial charge in [-0.15, -0.1) is 0 Å². The number of hydrogen-bond acceptors (Lipinski definition) is 7. The first-order chi connectivity index (χ1) is 26.1. The monoisotopic (exact) mass is 734 g/mol. The first kappa shape index (κ1) is 38.3. The Hall–Kier alpha value is -4.47. The highest BCUT2D eigenvalue weighted by molar-refractivity contribution is 6.31. The van der Waals surface area contributed by atoms with Gasteiger partial charge in [-0.05, 0) is 65.4 Å². The Morgan fingerprint density at radius 2 is 1.23 bits per heavy atom. The number of aliphatic hydroxyl groups is 1. The summed E-state index contributed by atoms with van der Waals surface area (Å²) in [5.41, 5.74) is 5.66. The summed E-state index contributed by atoms with van der Waals surface area (Å²) in [6.07, 6.45) is -1.25. The molecule has 1 fully saturated rings. The van der Waals surface area contributed by atoms with Crippen LogP contribution in [0.4, 0.5) is 0 Å². The third-order valence-electron chi connectivity index (χ3n) is 9.14. The van der Waals surface area contributed by atoms with Crippen molar-refractivity contribution in [2.24, 2.45) is 0 Å². The Bertz CT molecular complexity index is 1840. The van der Waals surface area contributed by atoms with Crippen LogP contribution < -0.4 is 9.47 Å². The molecule has 8 heteroatoms. The Labute approximate surface area is 317 Å². The van der Waals surface area contributed by atoms with Gasteiger partial charge in [-0.1, -0.05) is 127 Å². The molecule has 1 aliphatic heterocycles. The molecule has 1 heterocycles. The maximum Gasteiger partial charge on any atom is 0.127 e. The highest BCUT2D eigenvalue weighted by Gasteiger charge is 2.49. The van der Waals surface area contributed by atoms with Crippen molar-refractivity contribution in [1.82, 2.24) is 0 Å². The van der Waals surface area contributed by atoms with Crippen molar-refractivity contribution in [2.45, 2.75) is 63.7 Å². The van der Waals surface area contributed by atoms with Crippen LogP contribution in [0.1, 0.15) is 46.4 Å². The lowest BCUT2D eigenvalue weighted by Crippen LogP contribution is -2.58. The topological polar surface area (TPSA) is 75.6 Å². The largest absolute Gasteiger partial charge is 0.494 e. The van der Waals surface area contributed by atoms with E-state index in [9.17, 15) is 5.11 Å². The van der Waals surface area contributed by atoms with Gasteiger partial charge in [0.1, 0.15) is 48.6 Å². The second kappa shape index (κ2) is 19.6. The molecule has 1 N–H and O–H groups in total. The first-order valence-electron chi connectivity index (χ1n) is 18.1. The predicted molar refractivity (Wildman–Crippen MR) is 207 cm³/mol. The molecule has 53 heavy (non-hydrogen) atoms. The lowest BCUT2D eigenvalue weighted by molar-refractivity contribution is -0.272. The fourth-order valence-electron chi connectivity index (χ4n) is 6.53. The van der Waals surface area contributed by atoms with E-state index in [1.54, 1.807) is 6.08 Å². The van der Waals surface area contributed by atoms with E-state index < -0.39 is 30.5 Å². The van der Waals surface area contributed by atoms with E-state index in [0.717, 1.165) is 39.1 Å². The van der Waals surface area contributed by atoms with Crippen LogP contribution in [0.25, 0.3) is 0 Å². The van der Waals surface area contributed by atoms with Crippen LogP contribution >= 0.6 is 11.6 Å². The van der Waals surface area contributed by atoms with E-state index in [-0.39, 0.29) is 13.2 Å². The normalized spacial score (nSPS) is 19.8. The second-order valence-electron chi connectivity index (χ2n) is 12.9. The minimum atomic E-state index is -0.751. The average molecular weight is 735 g/mol. The quantitative estimate of drug-likeness (QED) is 0.0901. The minimum absolute atomic E-state index is 0.254. The van der Waals surface area contributed by atoms with Crippen LogP contribution in [0.2, 0.25) is 5.02 Å². The Morgan fingerprint density at radius 3 is 1.75 bits per heavy atom. The maximum atomic E-state index is 10.9. The van der Waals surface area contributed by atoms with Crippen molar-refractivity contribution in [3.05, 3.63) is 178 Å². The summed E-state index contributed by atoms with van der Waals surface area (Å²) in [4.78, 5) is 0. The van der Waals surface area contributed by atoms with Gasteiger partial charge in [-0.25, -0.2) is 0 Å².